The quantitative estimate of drug-likeness (QED) is 0.870. The van der Waals surface area contributed by atoms with Gasteiger partial charge in [0, 0.05) is 11.3 Å². The van der Waals surface area contributed by atoms with Gasteiger partial charge in [-0.25, -0.2) is 9.78 Å². The lowest BCUT2D eigenvalue weighted by atomic mass is 9.98. The fourth-order valence-electron chi connectivity index (χ4n) is 3.03. The molecule has 0 amide bonds. The summed E-state index contributed by atoms with van der Waals surface area (Å²) >= 11 is 1.61. The molecule has 110 valence electrons. The van der Waals surface area contributed by atoms with E-state index >= 15 is 0 Å². The highest BCUT2D eigenvalue weighted by Gasteiger charge is 2.23. The predicted molar refractivity (Wildman–Crippen MR) is 79.2 cm³/mol. The molecule has 0 atom stereocenters. The number of nitrogens with zero attached hydrogens (tertiary/aromatic N) is 1. The normalized spacial score (nSPS) is 21.8. The molecule has 2 fully saturated rings. The number of aromatic nitrogens is 1. The first-order valence-corrected chi connectivity index (χ1v) is 8.58. The lowest BCUT2D eigenvalue weighted by molar-refractivity contribution is 0.0205. The van der Waals surface area contributed by atoms with Crippen molar-refractivity contribution in [3.63, 3.8) is 0 Å². The van der Waals surface area contributed by atoms with Gasteiger partial charge in [0.05, 0.1) is 5.01 Å². The van der Waals surface area contributed by atoms with Crippen molar-refractivity contribution in [1.29, 1.82) is 0 Å². The molecule has 0 aromatic carbocycles. The highest BCUT2D eigenvalue weighted by molar-refractivity contribution is 7.09. The molecule has 1 saturated heterocycles. The second-order valence-electron chi connectivity index (χ2n) is 5.76. The summed E-state index contributed by atoms with van der Waals surface area (Å²) < 4.78 is 5.57. The number of esters is 1. The fourth-order valence-corrected chi connectivity index (χ4v) is 3.99. The summed E-state index contributed by atoms with van der Waals surface area (Å²) in [5.74, 6) is 0.283. The van der Waals surface area contributed by atoms with Crippen molar-refractivity contribution < 1.29 is 9.53 Å². The lowest BCUT2D eigenvalue weighted by Gasteiger charge is -2.21. The number of carbonyl (C=O) groups excluding carboxylic acids is 1. The zero-order valence-corrected chi connectivity index (χ0v) is 12.6. The molecule has 0 unspecified atom stereocenters. The van der Waals surface area contributed by atoms with Crippen LogP contribution >= 0.6 is 11.3 Å². The topological polar surface area (TPSA) is 51.2 Å². The highest BCUT2D eigenvalue weighted by Crippen LogP contribution is 2.28. The van der Waals surface area contributed by atoms with Crippen molar-refractivity contribution in [2.75, 3.05) is 13.1 Å². The van der Waals surface area contributed by atoms with E-state index in [-0.39, 0.29) is 12.1 Å². The third kappa shape index (κ3) is 3.38. The maximum atomic E-state index is 12.1. The zero-order valence-electron chi connectivity index (χ0n) is 11.8. The number of thiazole rings is 1. The summed E-state index contributed by atoms with van der Waals surface area (Å²) in [5.41, 5.74) is 0.508. The van der Waals surface area contributed by atoms with E-state index in [1.165, 1.54) is 19.3 Å². The Balaban J connectivity index is 1.58. The van der Waals surface area contributed by atoms with Crippen molar-refractivity contribution in [2.45, 2.75) is 57.0 Å². The first kappa shape index (κ1) is 14.0. The van der Waals surface area contributed by atoms with Crippen LogP contribution in [0.25, 0.3) is 0 Å². The molecular weight excluding hydrogens is 272 g/mol. The second-order valence-corrected chi connectivity index (χ2v) is 6.65. The number of nitrogens with one attached hydrogen (secondary N) is 1. The standard InChI is InChI=1S/C15H22N2O2S/c18-15(19-12-4-2-1-3-5-12)13-10-20-14(17-13)11-6-8-16-9-7-11/h10-12,16H,1-9H2. The van der Waals surface area contributed by atoms with Crippen LogP contribution in [0.1, 0.15) is 66.4 Å². The Labute approximate surface area is 123 Å². The minimum absolute atomic E-state index is 0.111. The number of ether oxygens (including phenoxy) is 1. The smallest absolute Gasteiger partial charge is 0.358 e. The third-order valence-electron chi connectivity index (χ3n) is 4.25. The molecule has 0 bridgehead atoms. The molecule has 5 heteroatoms. The summed E-state index contributed by atoms with van der Waals surface area (Å²) in [6.07, 6.45) is 7.98. The van der Waals surface area contributed by atoms with Gasteiger partial charge in [-0.15, -0.1) is 11.3 Å². The lowest BCUT2D eigenvalue weighted by Crippen LogP contribution is -2.26. The van der Waals surface area contributed by atoms with E-state index in [0.29, 0.717) is 11.6 Å². The largest absolute Gasteiger partial charge is 0.458 e. The van der Waals surface area contributed by atoms with E-state index in [0.717, 1.165) is 43.8 Å². The Morgan fingerprint density at radius 3 is 2.70 bits per heavy atom. The summed E-state index contributed by atoms with van der Waals surface area (Å²) in [5, 5.41) is 6.32. The number of hydrogen-bond donors (Lipinski definition) is 1. The molecule has 1 aromatic heterocycles. The average Bonchev–Trinajstić information content (AvgIpc) is 2.99. The van der Waals surface area contributed by atoms with Gasteiger partial charge in [-0.3, -0.25) is 0 Å². The molecule has 3 rings (SSSR count). The Morgan fingerprint density at radius 2 is 1.95 bits per heavy atom. The van der Waals surface area contributed by atoms with Crippen LogP contribution in [0.15, 0.2) is 5.38 Å². The van der Waals surface area contributed by atoms with E-state index in [9.17, 15) is 4.79 Å². The first-order valence-electron chi connectivity index (χ1n) is 7.70. The Hall–Kier alpha value is -0.940. The van der Waals surface area contributed by atoms with Gasteiger partial charge in [-0.2, -0.15) is 0 Å². The van der Waals surface area contributed by atoms with Gasteiger partial charge >= 0.3 is 5.97 Å². The second kappa shape index (κ2) is 6.68. The van der Waals surface area contributed by atoms with Gasteiger partial charge in [0.1, 0.15) is 6.10 Å². The fraction of sp³-hybridized carbons (Fsp3) is 0.733. The molecule has 1 aliphatic heterocycles. The Morgan fingerprint density at radius 1 is 1.20 bits per heavy atom. The van der Waals surface area contributed by atoms with Gasteiger partial charge in [-0.1, -0.05) is 6.42 Å². The van der Waals surface area contributed by atoms with E-state index in [1.54, 1.807) is 11.3 Å². The molecule has 1 aliphatic carbocycles. The molecule has 20 heavy (non-hydrogen) atoms. The average molecular weight is 294 g/mol. The number of carbonyl (C=O) groups is 1. The molecule has 2 heterocycles. The van der Waals surface area contributed by atoms with Gasteiger partial charge in [0.2, 0.25) is 0 Å². The monoisotopic (exact) mass is 294 g/mol. The van der Waals surface area contributed by atoms with Crippen LogP contribution in [-0.4, -0.2) is 30.1 Å². The minimum Gasteiger partial charge on any atom is -0.458 e. The minimum atomic E-state index is -0.228. The summed E-state index contributed by atoms with van der Waals surface area (Å²) in [6, 6.07) is 0. The van der Waals surface area contributed by atoms with Crippen LogP contribution in [0.3, 0.4) is 0 Å². The van der Waals surface area contributed by atoms with Crippen LogP contribution in [0.2, 0.25) is 0 Å². The molecule has 4 nitrogen and oxygen atoms in total. The molecule has 0 radical (unpaired) electrons. The molecule has 2 aliphatic rings. The van der Waals surface area contributed by atoms with Gasteiger partial charge in [0.15, 0.2) is 5.69 Å². The van der Waals surface area contributed by atoms with Gasteiger partial charge in [0.25, 0.3) is 0 Å². The van der Waals surface area contributed by atoms with E-state index in [1.807, 2.05) is 5.38 Å². The maximum Gasteiger partial charge on any atom is 0.358 e. The van der Waals surface area contributed by atoms with Crippen molar-refractivity contribution in [1.82, 2.24) is 10.3 Å². The number of rotatable bonds is 3. The van der Waals surface area contributed by atoms with Crippen LogP contribution in [0, 0.1) is 0 Å². The SMILES string of the molecule is O=C(OC1CCCCC1)c1csc(C2CCNCC2)n1. The van der Waals surface area contributed by atoms with Crippen molar-refractivity contribution >= 4 is 17.3 Å². The summed E-state index contributed by atoms with van der Waals surface area (Å²) in [6.45, 7) is 2.10. The van der Waals surface area contributed by atoms with Gasteiger partial charge < -0.3 is 10.1 Å². The number of hydrogen-bond acceptors (Lipinski definition) is 5. The Kier molecular flexibility index (Phi) is 4.68. The number of piperidine rings is 1. The highest BCUT2D eigenvalue weighted by atomic mass is 32.1. The van der Waals surface area contributed by atoms with Gasteiger partial charge in [-0.05, 0) is 51.6 Å². The molecular formula is C15H22N2O2S. The van der Waals surface area contributed by atoms with Crippen LogP contribution in [-0.2, 0) is 4.74 Å². The molecule has 1 aromatic rings. The van der Waals surface area contributed by atoms with Crippen LogP contribution in [0.4, 0.5) is 0 Å². The summed E-state index contributed by atoms with van der Waals surface area (Å²) in [7, 11) is 0. The molecule has 0 spiro atoms. The molecule has 1 saturated carbocycles. The van der Waals surface area contributed by atoms with E-state index < -0.39 is 0 Å². The van der Waals surface area contributed by atoms with Crippen molar-refractivity contribution in [3.05, 3.63) is 16.1 Å². The van der Waals surface area contributed by atoms with E-state index in [4.69, 9.17) is 4.74 Å². The van der Waals surface area contributed by atoms with Crippen molar-refractivity contribution in [2.24, 2.45) is 0 Å². The van der Waals surface area contributed by atoms with Crippen LogP contribution in [0.5, 0.6) is 0 Å². The predicted octanol–water partition coefficient (Wildman–Crippen LogP) is 3.10. The zero-order chi connectivity index (χ0) is 13.8. The third-order valence-corrected chi connectivity index (χ3v) is 5.25. The maximum absolute atomic E-state index is 12.1. The van der Waals surface area contributed by atoms with Crippen LogP contribution < -0.4 is 5.32 Å². The molecule has 1 N–H and O–H groups in total. The first-order chi connectivity index (χ1) is 9.83. The van der Waals surface area contributed by atoms with E-state index in [2.05, 4.69) is 10.3 Å². The summed E-state index contributed by atoms with van der Waals surface area (Å²) in [4.78, 5) is 16.6. The Bertz CT molecular complexity index is 448. The van der Waals surface area contributed by atoms with Crippen molar-refractivity contribution in [3.8, 4) is 0 Å².